The quantitative estimate of drug-likeness (QED) is 0.701. The van der Waals surface area contributed by atoms with Crippen molar-refractivity contribution in [3.8, 4) is 0 Å². The van der Waals surface area contributed by atoms with Gasteiger partial charge in [0.2, 0.25) is 0 Å². The molecule has 1 atom stereocenters. The van der Waals surface area contributed by atoms with Gasteiger partial charge in [-0.2, -0.15) is 0 Å². The van der Waals surface area contributed by atoms with Crippen molar-refractivity contribution >= 4 is 11.9 Å². The number of alkyl halides is 2. The van der Waals surface area contributed by atoms with Crippen LogP contribution in [0, 0.1) is 5.92 Å². The maximum atomic E-state index is 12.5. The largest absolute Gasteiger partial charge is 0.456 e. The Balaban J connectivity index is 1.64. The van der Waals surface area contributed by atoms with Gasteiger partial charge >= 0.3 is 5.97 Å². The number of carbonyl (C=O) groups is 2. The van der Waals surface area contributed by atoms with Crippen molar-refractivity contribution in [1.29, 1.82) is 0 Å². The van der Waals surface area contributed by atoms with E-state index >= 15 is 0 Å². The molecule has 0 spiro atoms. The lowest BCUT2D eigenvalue weighted by molar-refractivity contribution is -0.152. The van der Waals surface area contributed by atoms with Crippen LogP contribution in [0.4, 0.5) is 8.78 Å². The van der Waals surface area contributed by atoms with Crippen LogP contribution in [0.15, 0.2) is 0 Å². The second-order valence-corrected chi connectivity index (χ2v) is 4.61. The zero-order chi connectivity index (χ0) is 12.5. The van der Waals surface area contributed by atoms with Crippen LogP contribution in [0.1, 0.15) is 25.7 Å². The highest BCUT2D eigenvalue weighted by atomic mass is 19.3. The zero-order valence-corrected chi connectivity index (χ0v) is 9.45. The van der Waals surface area contributed by atoms with Gasteiger partial charge in [-0.25, -0.2) is 8.78 Å². The van der Waals surface area contributed by atoms with E-state index in [9.17, 15) is 18.4 Å². The van der Waals surface area contributed by atoms with Gasteiger partial charge < -0.3 is 9.64 Å². The van der Waals surface area contributed by atoms with E-state index in [2.05, 4.69) is 0 Å². The molecule has 0 N–H and O–H groups in total. The summed E-state index contributed by atoms with van der Waals surface area (Å²) in [6, 6.07) is 0. The summed E-state index contributed by atoms with van der Waals surface area (Å²) in [5.41, 5.74) is 0. The van der Waals surface area contributed by atoms with Crippen molar-refractivity contribution in [3.63, 3.8) is 0 Å². The first-order chi connectivity index (χ1) is 7.99. The third kappa shape index (κ3) is 3.14. The first-order valence-electron chi connectivity index (χ1n) is 5.80. The molecule has 2 rings (SSSR count). The molecule has 96 valence electrons. The van der Waals surface area contributed by atoms with E-state index in [4.69, 9.17) is 4.74 Å². The van der Waals surface area contributed by atoms with Crippen LogP contribution in [0.3, 0.4) is 0 Å². The van der Waals surface area contributed by atoms with Crippen molar-refractivity contribution in [2.24, 2.45) is 5.92 Å². The van der Waals surface area contributed by atoms with Gasteiger partial charge in [0, 0.05) is 25.4 Å². The first-order valence-corrected chi connectivity index (χ1v) is 5.80. The van der Waals surface area contributed by atoms with E-state index in [-0.39, 0.29) is 25.4 Å². The molecule has 0 bridgehead atoms. The summed E-state index contributed by atoms with van der Waals surface area (Å²) in [6.07, 6.45) is 1.39. The van der Waals surface area contributed by atoms with Gasteiger partial charge in [0.25, 0.3) is 11.8 Å². The molecule has 1 aliphatic carbocycles. The highest BCUT2D eigenvalue weighted by Crippen LogP contribution is 2.50. The Morgan fingerprint density at radius 1 is 1.29 bits per heavy atom. The van der Waals surface area contributed by atoms with Crippen LogP contribution in [-0.2, 0) is 14.3 Å². The van der Waals surface area contributed by atoms with Gasteiger partial charge in [-0.1, -0.05) is 0 Å². The normalized spacial score (nSPS) is 25.8. The number of halogens is 2. The Morgan fingerprint density at radius 2 is 1.88 bits per heavy atom. The van der Waals surface area contributed by atoms with Crippen LogP contribution in [0.25, 0.3) is 0 Å². The second kappa shape index (κ2) is 4.58. The molecular weight excluding hydrogens is 232 g/mol. The first kappa shape index (κ1) is 12.3. The molecule has 1 unspecified atom stereocenters. The second-order valence-electron chi connectivity index (χ2n) is 4.61. The summed E-state index contributed by atoms with van der Waals surface area (Å²) in [6.45, 7) is 1.06. The van der Waals surface area contributed by atoms with E-state index in [0.717, 1.165) is 12.8 Å². The smallest absolute Gasteiger partial charge is 0.306 e. The number of ether oxygens (including phenoxy) is 1. The zero-order valence-electron chi connectivity index (χ0n) is 9.45. The van der Waals surface area contributed by atoms with Crippen LogP contribution in [0.5, 0.6) is 0 Å². The predicted molar refractivity (Wildman–Crippen MR) is 54.4 cm³/mol. The lowest BCUT2D eigenvalue weighted by Gasteiger charge is -2.14. The molecule has 1 saturated heterocycles. The lowest BCUT2D eigenvalue weighted by atomic mass is 10.3. The topological polar surface area (TPSA) is 46.6 Å². The molecule has 1 heterocycles. The standard InChI is InChI=1S/C11H15F2NO3/c12-11(13)6-8(11)5-10(16)17-7-9(15)14-3-1-2-4-14/h8H,1-7H2. The number of esters is 1. The molecule has 1 saturated carbocycles. The molecule has 0 aromatic rings. The predicted octanol–water partition coefficient (Wildman–Crippen LogP) is 1.20. The molecule has 17 heavy (non-hydrogen) atoms. The molecule has 2 fully saturated rings. The molecule has 6 heteroatoms. The number of hydrogen-bond acceptors (Lipinski definition) is 3. The number of amides is 1. The fourth-order valence-electron chi connectivity index (χ4n) is 1.95. The molecule has 4 nitrogen and oxygen atoms in total. The van der Waals surface area contributed by atoms with Crippen molar-refractivity contribution in [2.75, 3.05) is 19.7 Å². The summed E-state index contributed by atoms with van der Waals surface area (Å²) in [5.74, 6) is -4.55. The monoisotopic (exact) mass is 247 g/mol. The third-order valence-corrected chi connectivity index (χ3v) is 3.18. The minimum Gasteiger partial charge on any atom is -0.456 e. The number of hydrogen-bond donors (Lipinski definition) is 0. The molecule has 2 aliphatic rings. The maximum absolute atomic E-state index is 12.5. The summed E-state index contributed by atoms with van der Waals surface area (Å²) < 4.78 is 29.7. The third-order valence-electron chi connectivity index (χ3n) is 3.18. The van der Waals surface area contributed by atoms with Gasteiger partial charge in [-0.05, 0) is 12.8 Å². The Labute approximate surface area is 97.9 Å². The summed E-state index contributed by atoms with van der Waals surface area (Å²) in [5, 5.41) is 0. The van der Waals surface area contributed by atoms with Crippen LogP contribution < -0.4 is 0 Å². The molecule has 1 amide bonds. The van der Waals surface area contributed by atoms with Crippen molar-refractivity contribution in [3.05, 3.63) is 0 Å². The maximum Gasteiger partial charge on any atom is 0.306 e. The van der Waals surface area contributed by atoms with Crippen LogP contribution in [-0.4, -0.2) is 42.4 Å². The molecular formula is C11H15F2NO3. The SMILES string of the molecule is O=C(CC1CC1(F)F)OCC(=O)N1CCCC1. The van der Waals surface area contributed by atoms with E-state index < -0.39 is 17.8 Å². The summed E-state index contributed by atoms with van der Waals surface area (Å²) in [7, 11) is 0. The minimum absolute atomic E-state index is 0.238. The van der Waals surface area contributed by atoms with E-state index in [0.29, 0.717) is 13.1 Å². The van der Waals surface area contributed by atoms with Gasteiger partial charge in [-0.15, -0.1) is 0 Å². The molecule has 0 aromatic carbocycles. The van der Waals surface area contributed by atoms with Crippen molar-refractivity contribution in [2.45, 2.75) is 31.6 Å². The number of likely N-dealkylation sites (tertiary alicyclic amines) is 1. The lowest BCUT2D eigenvalue weighted by Crippen LogP contribution is -2.32. The summed E-state index contributed by atoms with van der Waals surface area (Å²) >= 11 is 0. The number of nitrogens with zero attached hydrogens (tertiary/aromatic N) is 1. The van der Waals surface area contributed by atoms with Crippen LogP contribution in [0.2, 0.25) is 0 Å². The van der Waals surface area contributed by atoms with Gasteiger partial charge in [0.05, 0.1) is 6.42 Å². The van der Waals surface area contributed by atoms with Gasteiger partial charge in [-0.3, -0.25) is 9.59 Å². The Bertz CT molecular complexity index is 327. The summed E-state index contributed by atoms with van der Waals surface area (Å²) in [4.78, 5) is 24.3. The number of carbonyl (C=O) groups excluding carboxylic acids is 2. The minimum atomic E-state index is -2.71. The molecule has 0 radical (unpaired) electrons. The molecule has 1 aliphatic heterocycles. The highest BCUT2D eigenvalue weighted by Gasteiger charge is 2.57. The van der Waals surface area contributed by atoms with E-state index in [1.54, 1.807) is 4.90 Å². The van der Waals surface area contributed by atoms with E-state index in [1.807, 2.05) is 0 Å². The molecule has 0 aromatic heterocycles. The van der Waals surface area contributed by atoms with Gasteiger partial charge in [0.1, 0.15) is 0 Å². The van der Waals surface area contributed by atoms with Crippen LogP contribution >= 0.6 is 0 Å². The fourth-order valence-corrected chi connectivity index (χ4v) is 1.95. The average Bonchev–Trinajstić information content (AvgIpc) is 2.74. The number of rotatable bonds is 4. The Morgan fingerprint density at radius 3 is 2.41 bits per heavy atom. The Hall–Kier alpha value is -1.20. The Kier molecular flexibility index (Phi) is 3.31. The average molecular weight is 247 g/mol. The van der Waals surface area contributed by atoms with Crippen molar-refractivity contribution < 1.29 is 23.1 Å². The van der Waals surface area contributed by atoms with Gasteiger partial charge in [0.15, 0.2) is 6.61 Å². The fraction of sp³-hybridized carbons (Fsp3) is 0.818. The highest BCUT2D eigenvalue weighted by molar-refractivity contribution is 5.81. The van der Waals surface area contributed by atoms with E-state index in [1.165, 1.54) is 0 Å². The van der Waals surface area contributed by atoms with Crippen molar-refractivity contribution in [1.82, 2.24) is 4.90 Å².